The number of hydrogen-bond donors (Lipinski definition) is 1. The molecule has 0 aliphatic carbocycles. The van der Waals surface area contributed by atoms with Crippen LogP contribution in [0.2, 0.25) is 0 Å². The molecule has 2 aromatic carbocycles. The SMILES string of the molecule is C=CC(C)=O.CCCC(C)COc1nc(N(C)C(CCC(C)C)C(C)C)c2cc(C(F)(F)F)c(-c3ccc(F)c4oc(N)c(C#N)c34)c(F)c2n1. The average Bonchev–Trinajstić information content (AvgIpc) is 3.40. The van der Waals surface area contributed by atoms with Crippen molar-refractivity contribution in [2.75, 3.05) is 24.3 Å². The molecular formula is C38H46F5N5O3. The molecule has 4 rings (SSSR count). The predicted octanol–water partition coefficient (Wildman–Crippen LogP) is 10.3. The molecular weight excluding hydrogens is 669 g/mol. The van der Waals surface area contributed by atoms with Gasteiger partial charge in [-0.15, -0.1) is 0 Å². The molecule has 0 spiro atoms. The van der Waals surface area contributed by atoms with Gasteiger partial charge >= 0.3 is 12.2 Å². The van der Waals surface area contributed by atoms with Crippen molar-refractivity contribution in [3.8, 4) is 23.2 Å². The number of carbonyl (C=O) groups is 1. The van der Waals surface area contributed by atoms with E-state index >= 15 is 4.39 Å². The first-order chi connectivity index (χ1) is 23.9. The summed E-state index contributed by atoms with van der Waals surface area (Å²) >= 11 is 0. The first-order valence-corrected chi connectivity index (χ1v) is 16.9. The number of anilines is 2. The summed E-state index contributed by atoms with van der Waals surface area (Å²) in [4.78, 5) is 20.3. The number of alkyl halides is 3. The third kappa shape index (κ3) is 9.34. The van der Waals surface area contributed by atoms with Crippen LogP contribution in [-0.2, 0) is 11.0 Å². The lowest BCUT2D eigenvalue weighted by atomic mass is 9.91. The van der Waals surface area contributed by atoms with Gasteiger partial charge in [0.1, 0.15) is 23.0 Å². The smallest absolute Gasteiger partial charge is 0.417 e. The van der Waals surface area contributed by atoms with Crippen LogP contribution in [0, 0.1) is 40.7 Å². The fraction of sp³-hybridized carbons (Fsp3) is 0.474. The molecule has 2 aromatic heterocycles. The number of fused-ring (bicyclic) bond motifs is 2. The largest absolute Gasteiger partial charge is 0.463 e. The number of rotatable bonds is 13. The molecule has 0 bridgehead atoms. The van der Waals surface area contributed by atoms with E-state index in [0.29, 0.717) is 5.92 Å². The van der Waals surface area contributed by atoms with Crippen molar-refractivity contribution < 1.29 is 35.9 Å². The number of allylic oxidation sites excluding steroid dienone is 1. The molecule has 8 nitrogen and oxygen atoms in total. The number of ketones is 1. The van der Waals surface area contributed by atoms with Crippen molar-refractivity contribution in [2.24, 2.45) is 17.8 Å². The van der Waals surface area contributed by atoms with E-state index in [1.807, 2.05) is 27.7 Å². The van der Waals surface area contributed by atoms with E-state index in [9.17, 15) is 27.6 Å². The number of halogens is 5. The van der Waals surface area contributed by atoms with E-state index in [-0.39, 0.29) is 52.9 Å². The Bertz CT molecular complexity index is 1910. The summed E-state index contributed by atoms with van der Waals surface area (Å²) < 4.78 is 87.3. The van der Waals surface area contributed by atoms with Crippen LogP contribution in [0.3, 0.4) is 0 Å². The number of nitriles is 1. The minimum Gasteiger partial charge on any atom is -0.463 e. The van der Waals surface area contributed by atoms with E-state index < -0.39 is 57.0 Å². The number of nitrogens with two attached hydrogens (primary N) is 1. The summed E-state index contributed by atoms with van der Waals surface area (Å²) in [7, 11) is 1.73. The summed E-state index contributed by atoms with van der Waals surface area (Å²) in [6.45, 7) is 17.1. The molecule has 51 heavy (non-hydrogen) atoms. The van der Waals surface area contributed by atoms with Crippen LogP contribution in [0.25, 0.3) is 33.0 Å². The van der Waals surface area contributed by atoms with Gasteiger partial charge in [-0.2, -0.15) is 28.4 Å². The summed E-state index contributed by atoms with van der Waals surface area (Å²) in [5.41, 5.74) is 1.73. The Morgan fingerprint density at radius 2 is 1.78 bits per heavy atom. The van der Waals surface area contributed by atoms with Crippen LogP contribution in [0.5, 0.6) is 6.01 Å². The molecule has 0 amide bonds. The van der Waals surface area contributed by atoms with Crippen molar-refractivity contribution in [3.05, 3.63) is 53.6 Å². The second kappa shape index (κ2) is 17.0. The van der Waals surface area contributed by atoms with Gasteiger partial charge < -0.3 is 19.8 Å². The number of ether oxygens (including phenoxy) is 1. The zero-order chi connectivity index (χ0) is 38.4. The third-order valence-electron chi connectivity index (χ3n) is 8.60. The Balaban J connectivity index is 0.00000131. The van der Waals surface area contributed by atoms with Gasteiger partial charge in [0.2, 0.25) is 5.88 Å². The first-order valence-electron chi connectivity index (χ1n) is 16.9. The standard InChI is InChI=1S/C34H40F5N5O2.C4H6O/c1-8-9-19(6)16-45-33-42-29-21(32(43-33)44(7)25(18(4)5)13-10-17(2)3)14-23(34(37,38)39)27(28(29)36)20-11-12-24(35)30-26(20)22(15-40)31(41)46-30;1-3-4(2)5/h11-12,14,17-19,25H,8-10,13,16,41H2,1-7H3;3H,1H2,2H3. The molecule has 2 unspecified atom stereocenters. The molecule has 2 N–H and O–H groups in total. The molecule has 0 aliphatic rings. The van der Waals surface area contributed by atoms with Crippen LogP contribution < -0.4 is 15.4 Å². The zero-order valence-corrected chi connectivity index (χ0v) is 30.3. The number of carbonyl (C=O) groups excluding carboxylic acids is 1. The topological polar surface area (TPSA) is 118 Å². The Morgan fingerprint density at radius 3 is 2.31 bits per heavy atom. The fourth-order valence-electron chi connectivity index (χ4n) is 5.95. The second-order valence-corrected chi connectivity index (χ2v) is 13.5. The monoisotopic (exact) mass is 715 g/mol. The van der Waals surface area contributed by atoms with Gasteiger partial charge in [-0.05, 0) is 67.7 Å². The fourth-order valence-corrected chi connectivity index (χ4v) is 5.95. The molecule has 0 fully saturated rings. The van der Waals surface area contributed by atoms with Gasteiger partial charge in [-0.1, -0.05) is 60.6 Å². The number of benzene rings is 2. The average molecular weight is 716 g/mol. The van der Waals surface area contributed by atoms with E-state index in [1.165, 1.54) is 13.0 Å². The van der Waals surface area contributed by atoms with Crippen molar-refractivity contribution in [3.63, 3.8) is 0 Å². The number of furan rings is 1. The number of nitrogen functional groups attached to an aromatic ring is 1. The highest BCUT2D eigenvalue weighted by Gasteiger charge is 2.39. The van der Waals surface area contributed by atoms with Gasteiger partial charge in [0, 0.05) is 24.0 Å². The Morgan fingerprint density at radius 1 is 1.14 bits per heavy atom. The molecule has 0 saturated heterocycles. The number of nitrogens with zero attached hydrogens (tertiary/aromatic N) is 4. The van der Waals surface area contributed by atoms with Gasteiger partial charge in [0.25, 0.3) is 0 Å². The molecule has 276 valence electrons. The highest BCUT2D eigenvalue weighted by Crippen LogP contribution is 2.47. The predicted molar refractivity (Wildman–Crippen MR) is 190 cm³/mol. The van der Waals surface area contributed by atoms with Crippen LogP contribution in [0.15, 0.2) is 35.3 Å². The molecule has 2 atom stereocenters. The molecule has 2 heterocycles. The van der Waals surface area contributed by atoms with E-state index in [2.05, 4.69) is 30.4 Å². The van der Waals surface area contributed by atoms with Gasteiger partial charge in [0.15, 0.2) is 23.0 Å². The Hall–Kier alpha value is -4.73. The van der Waals surface area contributed by atoms with Gasteiger partial charge in [0.05, 0.1) is 17.6 Å². The van der Waals surface area contributed by atoms with E-state index in [4.69, 9.17) is 14.9 Å². The lowest BCUT2D eigenvalue weighted by Crippen LogP contribution is -2.37. The lowest BCUT2D eigenvalue weighted by molar-refractivity contribution is -0.137. The summed E-state index contributed by atoms with van der Waals surface area (Å²) in [6.07, 6.45) is -0.441. The minimum absolute atomic E-state index is 0.0185. The maximum absolute atomic E-state index is 16.9. The Kier molecular flexibility index (Phi) is 13.6. The van der Waals surface area contributed by atoms with Crippen molar-refractivity contribution >= 4 is 39.4 Å². The maximum Gasteiger partial charge on any atom is 0.417 e. The maximum atomic E-state index is 16.9. The number of hydrogen-bond acceptors (Lipinski definition) is 8. The summed E-state index contributed by atoms with van der Waals surface area (Å²) in [5, 5.41) is 9.19. The molecule has 4 aromatic rings. The quantitative estimate of drug-likeness (QED) is 0.107. The van der Waals surface area contributed by atoms with Gasteiger partial charge in [-0.3, -0.25) is 4.79 Å². The highest BCUT2D eigenvalue weighted by atomic mass is 19.4. The van der Waals surface area contributed by atoms with Crippen LogP contribution in [0.4, 0.5) is 33.7 Å². The highest BCUT2D eigenvalue weighted by molar-refractivity contribution is 6.04. The molecule has 13 heteroatoms. The van der Waals surface area contributed by atoms with Crippen LogP contribution in [0.1, 0.15) is 85.3 Å². The molecule has 0 saturated carbocycles. The summed E-state index contributed by atoms with van der Waals surface area (Å²) in [6, 6.07) is 4.05. The van der Waals surface area contributed by atoms with Crippen LogP contribution >= 0.6 is 0 Å². The lowest BCUT2D eigenvalue weighted by Gasteiger charge is -2.34. The second-order valence-electron chi connectivity index (χ2n) is 13.5. The zero-order valence-electron chi connectivity index (χ0n) is 30.3. The summed E-state index contributed by atoms with van der Waals surface area (Å²) in [5.74, 6) is -2.09. The third-order valence-corrected chi connectivity index (χ3v) is 8.60. The Labute approximate surface area is 295 Å². The molecule has 0 radical (unpaired) electrons. The van der Waals surface area contributed by atoms with E-state index in [0.717, 1.165) is 43.9 Å². The number of aromatic nitrogens is 2. The minimum atomic E-state index is -5.07. The van der Waals surface area contributed by atoms with Crippen molar-refractivity contribution in [1.82, 2.24) is 9.97 Å². The first kappa shape index (κ1) is 40.7. The van der Waals surface area contributed by atoms with Crippen LogP contribution in [-0.4, -0.2) is 35.4 Å². The van der Waals surface area contributed by atoms with Crippen molar-refractivity contribution in [1.29, 1.82) is 5.26 Å². The van der Waals surface area contributed by atoms with E-state index in [1.54, 1.807) is 18.0 Å². The van der Waals surface area contributed by atoms with Crippen molar-refractivity contribution in [2.45, 2.75) is 86.4 Å². The normalized spacial score (nSPS) is 12.8. The van der Waals surface area contributed by atoms with Gasteiger partial charge in [-0.25, -0.2) is 8.78 Å². The molecule has 0 aliphatic heterocycles.